The molecule has 0 bridgehead atoms. The minimum Gasteiger partial charge on any atom is -0.490 e. The lowest BCUT2D eigenvalue weighted by Crippen LogP contribution is -2.20. The van der Waals surface area contributed by atoms with E-state index < -0.39 is 0 Å². The van der Waals surface area contributed by atoms with E-state index in [1.54, 1.807) is 14.2 Å². The number of amides is 1. The summed E-state index contributed by atoms with van der Waals surface area (Å²) in [6.07, 6.45) is 4.22. The van der Waals surface area contributed by atoms with Crippen molar-refractivity contribution >= 4 is 40.8 Å². The monoisotopic (exact) mass is 497 g/mol. The summed E-state index contributed by atoms with van der Waals surface area (Å²) in [5, 5.41) is 17.2. The van der Waals surface area contributed by atoms with E-state index in [2.05, 4.69) is 36.1 Å². The number of benzene rings is 1. The van der Waals surface area contributed by atoms with Gasteiger partial charge in [0.15, 0.2) is 22.6 Å². The number of H-pyrrole nitrogens is 1. The van der Waals surface area contributed by atoms with Crippen molar-refractivity contribution in [3.8, 4) is 5.75 Å². The number of nitrogens with zero attached hydrogens (tertiary/aromatic N) is 3. The van der Waals surface area contributed by atoms with E-state index in [0.717, 1.165) is 42.0 Å². The van der Waals surface area contributed by atoms with Crippen LogP contribution < -0.4 is 20.7 Å². The largest absolute Gasteiger partial charge is 0.490 e. The van der Waals surface area contributed by atoms with Crippen LogP contribution in [0.5, 0.6) is 5.75 Å². The molecular formula is C24H31N7O3S. The minimum absolute atomic E-state index is 0.109. The summed E-state index contributed by atoms with van der Waals surface area (Å²) in [6.45, 7) is 3.00. The topological polar surface area (TPSA) is 126 Å². The van der Waals surface area contributed by atoms with Gasteiger partial charge < -0.3 is 25.4 Å². The smallest absolute Gasteiger partial charge is 0.227 e. The first-order valence-corrected chi connectivity index (χ1v) is 12.4. The van der Waals surface area contributed by atoms with Gasteiger partial charge in [0.05, 0.1) is 13.7 Å². The lowest BCUT2D eigenvalue weighted by Gasteiger charge is -2.15. The molecule has 1 fully saturated rings. The predicted octanol–water partition coefficient (Wildman–Crippen LogP) is 4.60. The van der Waals surface area contributed by atoms with E-state index in [0.29, 0.717) is 41.5 Å². The molecule has 3 aromatic rings. The fourth-order valence-electron chi connectivity index (χ4n) is 3.89. The molecule has 0 spiro atoms. The Labute approximate surface area is 209 Å². The Morgan fingerprint density at radius 1 is 1.14 bits per heavy atom. The SMILES string of the molecule is COCCNc1nc(Sc2ccc(NC(=O)C3CCCC3)cc2)nc(Nc2cc(C)[nH]n2)c1OC. The molecule has 0 saturated heterocycles. The second-order valence-electron chi connectivity index (χ2n) is 8.31. The number of hydrogen-bond acceptors (Lipinski definition) is 9. The summed E-state index contributed by atoms with van der Waals surface area (Å²) in [7, 11) is 3.22. The van der Waals surface area contributed by atoms with Gasteiger partial charge in [-0.3, -0.25) is 9.89 Å². The van der Waals surface area contributed by atoms with Crippen molar-refractivity contribution in [3.05, 3.63) is 36.0 Å². The van der Waals surface area contributed by atoms with E-state index in [4.69, 9.17) is 9.47 Å². The number of carbonyl (C=O) groups is 1. The normalized spacial score (nSPS) is 13.6. The standard InChI is InChI=1S/C24H31N7O3S/c1-15-14-19(31-30-15)27-22-20(34-3)21(25-12-13-33-2)28-24(29-22)35-18-10-8-17(9-11-18)26-23(32)16-6-4-5-7-16/h8-11,14,16H,4-7,12-13H2,1-3H3,(H,26,32)(H3,25,27,28,29,30,31). The first-order chi connectivity index (χ1) is 17.1. The molecule has 0 unspecified atom stereocenters. The molecule has 4 N–H and O–H groups in total. The molecule has 10 nitrogen and oxygen atoms in total. The molecule has 1 aromatic carbocycles. The summed E-state index contributed by atoms with van der Waals surface area (Å²) < 4.78 is 10.8. The van der Waals surface area contributed by atoms with Gasteiger partial charge in [0.25, 0.3) is 0 Å². The van der Waals surface area contributed by atoms with E-state index in [1.807, 2.05) is 37.3 Å². The maximum atomic E-state index is 12.4. The van der Waals surface area contributed by atoms with Crippen molar-refractivity contribution in [1.82, 2.24) is 20.2 Å². The fourth-order valence-corrected chi connectivity index (χ4v) is 4.65. The third-order valence-electron chi connectivity index (χ3n) is 5.66. The number of aryl methyl sites for hydroxylation is 1. The highest BCUT2D eigenvalue weighted by atomic mass is 32.2. The molecule has 1 aliphatic carbocycles. The first-order valence-electron chi connectivity index (χ1n) is 11.6. The van der Waals surface area contributed by atoms with Crippen LogP contribution in [-0.4, -0.2) is 53.4 Å². The number of ether oxygens (including phenoxy) is 2. The highest BCUT2D eigenvalue weighted by Gasteiger charge is 2.22. The van der Waals surface area contributed by atoms with E-state index in [9.17, 15) is 4.79 Å². The molecule has 11 heteroatoms. The van der Waals surface area contributed by atoms with Crippen molar-refractivity contribution in [2.75, 3.05) is 43.3 Å². The Hall–Kier alpha value is -3.31. The van der Waals surface area contributed by atoms with E-state index >= 15 is 0 Å². The van der Waals surface area contributed by atoms with E-state index in [1.165, 1.54) is 11.8 Å². The molecule has 0 atom stereocenters. The van der Waals surface area contributed by atoms with Crippen LogP contribution in [0.2, 0.25) is 0 Å². The van der Waals surface area contributed by atoms with Crippen LogP contribution in [0.4, 0.5) is 23.1 Å². The Morgan fingerprint density at radius 3 is 2.54 bits per heavy atom. The molecule has 0 aliphatic heterocycles. The van der Waals surface area contributed by atoms with Gasteiger partial charge in [-0.1, -0.05) is 12.8 Å². The molecular weight excluding hydrogens is 466 g/mol. The maximum absolute atomic E-state index is 12.4. The summed E-state index contributed by atoms with van der Waals surface area (Å²) in [5.74, 6) is 2.40. The molecule has 35 heavy (non-hydrogen) atoms. The van der Waals surface area contributed by atoms with Gasteiger partial charge >= 0.3 is 0 Å². The Kier molecular flexibility index (Phi) is 8.43. The third-order valence-corrected chi connectivity index (χ3v) is 6.53. The van der Waals surface area contributed by atoms with Crippen LogP contribution >= 0.6 is 11.8 Å². The van der Waals surface area contributed by atoms with Gasteiger partial charge in [0, 0.05) is 41.9 Å². The van der Waals surface area contributed by atoms with Crippen LogP contribution in [-0.2, 0) is 9.53 Å². The molecule has 0 radical (unpaired) electrons. The van der Waals surface area contributed by atoms with Crippen LogP contribution in [0.3, 0.4) is 0 Å². The predicted molar refractivity (Wildman–Crippen MR) is 137 cm³/mol. The Bertz CT molecular complexity index is 1130. The second kappa shape index (κ2) is 11.9. The van der Waals surface area contributed by atoms with Gasteiger partial charge in [-0.2, -0.15) is 5.10 Å². The zero-order valence-electron chi connectivity index (χ0n) is 20.2. The average Bonchev–Trinajstić information content (AvgIpc) is 3.53. The summed E-state index contributed by atoms with van der Waals surface area (Å²) in [5.41, 5.74) is 1.72. The van der Waals surface area contributed by atoms with Crippen molar-refractivity contribution in [3.63, 3.8) is 0 Å². The zero-order valence-corrected chi connectivity index (χ0v) is 21.0. The maximum Gasteiger partial charge on any atom is 0.227 e. The zero-order chi connectivity index (χ0) is 24.6. The number of aromatic nitrogens is 4. The van der Waals surface area contributed by atoms with Gasteiger partial charge in [-0.25, -0.2) is 9.97 Å². The molecule has 4 rings (SSSR count). The average molecular weight is 498 g/mol. The number of carbonyl (C=O) groups excluding carboxylic acids is 1. The lowest BCUT2D eigenvalue weighted by molar-refractivity contribution is -0.119. The van der Waals surface area contributed by atoms with Gasteiger partial charge in [0.2, 0.25) is 11.7 Å². The highest BCUT2D eigenvalue weighted by Crippen LogP contribution is 2.36. The van der Waals surface area contributed by atoms with Crippen LogP contribution in [0.25, 0.3) is 0 Å². The van der Waals surface area contributed by atoms with Crippen LogP contribution in [0.15, 0.2) is 40.4 Å². The molecule has 1 amide bonds. The number of rotatable bonds is 11. The van der Waals surface area contributed by atoms with Gasteiger partial charge in [-0.15, -0.1) is 0 Å². The number of hydrogen-bond donors (Lipinski definition) is 4. The molecule has 186 valence electrons. The summed E-state index contributed by atoms with van der Waals surface area (Å²) >= 11 is 1.41. The molecule has 1 saturated carbocycles. The number of anilines is 4. The summed E-state index contributed by atoms with van der Waals surface area (Å²) in [4.78, 5) is 22.7. The molecule has 1 aliphatic rings. The van der Waals surface area contributed by atoms with Crippen molar-refractivity contribution in [1.29, 1.82) is 0 Å². The van der Waals surface area contributed by atoms with Crippen LogP contribution in [0, 0.1) is 12.8 Å². The van der Waals surface area contributed by atoms with Crippen LogP contribution in [0.1, 0.15) is 31.4 Å². The summed E-state index contributed by atoms with van der Waals surface area (Å²) in [6, 6.07) is 9.59. The van der Waals surface area contributed by atoms with E-state index in [-0.39, 0.29) is 11.8 Å². The van der Waals surface area contributed by atoms with Crippen molar-refractivity contribution in [2.45, 2.75) is 42.7 Å². The number of aromatic amines is 1. The van der Waals surface area contributed by atoms with Crippen molar-refractivity contribution in [2.24, 2.45) is 5.92 Å². The minimum atomic E-state index is 0.109. The third kappa shape index (κ3) is 6.64. The molecule has 2 aromatic heterocycles. The number of nitrogens with one attached hydrogen (secondary N) is 4. The quantitative estimate of drug-likeness (QED) is 0.222. The number of methoxy groups -OCH3 is 2. The Morgan fingerprint density at radius 2 is 1.89 bits per heavy atom. The lowest BCUT2D eigenvalue weighted by atomic mass is 10.1. The molecule has 2 heterocycles. The van der Waals surface area contributed by atoms with Gasteiger partial charge in [0.1, 0.15) is 0 Å². The fraction of sp³-hybridized carbons (Fsp3) is 0.417. The van der Waals surface area contributed by atoms with Gasteiger partial charge in [-0.05, 0) is 55.8 Å². The second-order valence-corrected chi connectivity index (χ2v) is 9.36. The highest BCUT2D eigenvalue weighted by molar-refractivity contribution is 7.99. The first kappa shape index (κ1) is 24.8. The Balaban J connectivity index is 1.52. The van der Waals surface area contributed by atoms with Crippen molar-refractivity contribution < 1.29 is 14.3 Å².